The Morgan fingerprint density at radius 1 is 1.33 bits per heavy atom. The van der Waals surface area contributed by atoms with E-state index in [-0.39, 0.29) is 35.7 Å². The first-order valence-electron chi connectivity index (χ1n) is 9.00. The molecule has 2 aliphatic carbocycles. The molecule has 142 valence electrons. The van der Waals surface area contributed by atoms with Crippen LogP contribution in [0.2, 0.25) is 5.02 Å². The first-order valence-corrected chi connectivity index (χ1v) is 9.38. The van der Waals surface area contributed by atoms with Gasteiger partial charge in [-0.1, -0.05) is 23.8 Å². The molecule has 2 heterocycles. The summed E-state index contributed by atoms with van der Waals surface area (Å²) >= 11 is 6.29. The van der Waals surface area contributed by atoms with Gasteiger partial charge in [-0.3, -0.25) is 9.48 Å². The highest BCUT2D eigenvalue weighted by Gasteiger charge is 2.47. The summed E-state index contributed by atoms with van der Waals surface area (Å²) in [5, 5.41) is 11.1. The lowest BCUT2D eigenvalue weighted by molar-refractivity contribution is -0.122. The van der Waals surface area contributed by atoms with Gasteiger partial charge in [0.15, 0.2) is 5.82 Å². The zero-order valence-electron chi connectivity index (χ0n) is 15.1. The zero-order valence-corrected chi connectivity index (χ0v) is 15.9. The van der Waals surface area contributed by atoms with Crippen LogP contribution >= 0.6 is 11.6 Å². The number of rotatable bonds is 6. The number of fused-ring (bicyclic) bond motifs is 2. The van der Waals surface area contributed by atoms with Crippen molar-refractivity contribution in [2.75, 3.05) is 10.6 Å². The predicted octanol–water partition coefficient (Wildman–Crippen LogP) is 2.74. The van der Waals surface area contributed by atoms with Gasteiger partial charge in [-0.25, -0.2) is 4.98 Å². The number of halogens is 1. The fraction of sp³-hybridized carbons (Fsp3) is 0.444. The lowest BCUT2D eigenvalue weighted by Gasteiger charge is -2.27. The number of nitrogens with one attached hydrogen (secondary N) is 2. The van der Waals surface area contributed by atoms with Crippen LogP contribution in [0.3, 0.4) is 0 Å². The number of carbonyl (C=O) groups excluding carboxylic acids is 1. The lowest BCUT2D eigenvalue weighted by atomic mass is 9.88. The maximum absolute atomic E-state index is 11.9. The maximum atomic E-state index is 11.9. The second-order valence-corrected chi connectivity index (χ2v) is 7.77. The van der Waals surface area contributed by atoms with E-state index in [9.17, 15) is 4.79 Å². The van der Waals surface area contributed by atoms with Crippen molar-refractivity contribution in [1.82, 2.24) is 19.7 Å². The molecule has 0 radical (unpaired) electrons. The van der Waals surface area contributed by atoms with Gasteiger partial charge in [0.1, 0.15) is 5.02 Å². The summed E-state index contributed by atoms with van der Waals surface area (Å²) in [6.07, 6.45) is 10.3. The number of hydrogen-bond acceptors (Lipinski definition) is 6. The molecule has 0 unspecified atom stereocenters. The van der Waals surface area contributed by atoms with Gasteiger partial charge in [0.25, 0.3) is 0 Å². The smallest absolute Gasteiger partial charge is 0.229 e. The lowest BCUT2D eigenvalue weighted by Crippen LogP contribution is -2.41. The number of nitrogens with zero attached hydrogens (tertiary/aromatic N) is 4. The zero-order chi connectivity index (χ0) is 19.1. The van der Waals surface area contributed by atoms with Crippen LogP contribution in [0.1, 0.15) is 26.3 Å². The van der Waals surface area contributed by atoms with E-state index in [4.69, 9.17) is 17.3 Å². The van der Waals surface area contributed by atoms with E-state index in [1.807, 2.05) is 10.9 Å². The molecule has 0 saturated heterocycles. The molecule has 1 saturated carbocycles. The van der Waals surface area contributed by atoms with Gasteiger partial charge in [-0.05, 0) is 32.1 Å². The molecular formula is C18H22ClN7O. The monoisotopic (exact) mass is 387 g/mol. The van der Waals surface area contributed by atoms with Crippen LogP contribution in [-0.4, -0.2) is 31.7 Å². The molecular weight excluding hydrogens is 366 g/mol. The number of aromatic nitrogens is 4. The van der Waals surface area contributed by atoms with Crippen molar-refractivity contribution in [1.29, 1.82) is 0 Å². The summed E-state index contributed by atoms with van der Waals surface area (Å²) in [6.45, 7) is 4.10. The van der Waals surface area contributed by atoms with Crippen molar-refractivity contribution in [2.24, 2.45) is 23.5 Å². The largest absolute Gasteiger partial charge is 0.369 e. The second kappa shape index (κ2) is 6.84. The molecule has 2 aromatic rings. The average molecular weight is 388 g/mol. The molecule has 8 nitrogen and oxygen atoms in total. The predicted molar refractivity (Wildman–Crippen MR) is 104 cm³/mol. The van der Waals surface area contributed by atoms with Crippen LogP contribution in [0.4, 0.5) is 17.5 Å². The third-order valence-electron chi connectivity index (χ3n) is 5.22. The normalized spacial score (nSPS) is 25.9. The number of nitrogens with two attached hydrogens (primary N) is 1. The van der Waals surface area contributed by atoms with Crippen molar-refractivity contribution >= 4 is 35.0 Å². The van der Waals surface area contributed by atoms with Gasteiger partial charge in [-0.2, -0.15) is 10.1 Å². The van der Waals surface area contributed by atoms with Crippen molar-refractivity contribution < 1.29 is 4.79 Å². The minimum Gasteiger partial charge on any atom is -0.369 e. The molecule has 4 rings (SSSR count). The first kappa shape index (κ1) is 17.8. The Hall–Kier alpha value is -2.61. The number of allylic oxidation sites excluding steroid dienone is 1. The molecule has 9 heteroatoms. The summed E-state index contributed by atoms with van der Waals surface area (Å²) in [7, 11) is 0. The summed E-state index contributed by atoms with van der Waals surface area (Å²) in [4.78, 5) is 20.6. The van der Waals surface area contributed by atoms with Crippen molar-refractivity contribution in [2.45, 2.75) is 32.4 Å². The Labute approximate surface area is 162 Å². The standard InChI is InChI=1S/C18H22ClN7O/c1-9(2)26-8-12(6-22-26)23-18-21-7-13(19)17(25-18)24-15-11-4-3-10(5-11)14(15)16(20)27/h3-4,6-11,14-15H,5H2,1-2H3,(H2,20,27)(H2,21,23,24,25)/t10-,11+,14+,15-/m1/s1. The molecule has 27 heavy (non-hydrogen) atoms. The highest BCUT2D eigenvalue weighted by atomic mass is 35.5. The van der Waals surface area contributed by atoms with Gasteiger partial charge in [0.05, 0.1) is 24.0 Å². The third kappa shape index (κ3) is 3.37. The number of amides is 1. The molecule has 4 atom stereocenters. The summed E-state index contributed by atoms with van der Waals surface area (Å²) in [6, 6.07) is 0.155. The van der Waals surface area contributed by atoms with Crippen LogP contribution in [-0.2, 0) is 4.79 Å². The topological polar surface area (TPSA) is 111 Å². The SMILES string of the molecule is CC(C)n1cc(Nc2ncc(Cl)c(N[C@H]3[C@@H](C(N)=O)[C@@H]4C=C[C@H]3C4)n2)cn1. The Kier molecular flexibility index (Phi) is 4.51. The van der Waals surface area contributed by atoms with Crippen LogP contribution in [0.5, 0.6) is 0 Å². The Morgan fingerprint density at radius 2 is 2.11 bits per heavy atom. The molecule has 2 aliphatic rings. The van der Waals surface area contributed by atoms with Gasteiger partial charge in [0.2, 0.25) is 11.9 Å². The second-order valence-electron chi connectivity index (χ2n) is 7.36. The molecule has 1 fully saturated rings. The van der Waals surface area contributed by atoms with Crippen LogP contribution in [0.15, 0.2) is 30.7 Å². The van der Waals surface area contributed by atoms with Crippen LogP contribution in [0, 0.1) is 17.8 Å². The molecule has 0 aromatic carbocycles. The quantitative estimate of drug-likeness (QED) is 0.657. The fourth-order valence-corrected chi connectivity index (χ4v) is 4.05. The van der Waals surface area contributed by atoms with E-state index in [0.29, 0.717) is 16.8 Å². The van der Waals surface area contributed by atoms with Crippen molar-refractivity contribution in [3.8, 4) is 0 Å². The minimum atomic E-state index is -0.297. The van der Waals surface area contributed by atoms with E-state index < -0.39 is 0 Å². The van der Waals surface area contributed by atoms with Crippen LogP contribution < -0.4 is 16.4 Å². The Morgan fingerprint density at radius 3 is 2.81 bits per heavy atom. The fourth-order valence-electron chi connectivity index (χ4n) is 3.91. The minimum absolute atomic E-state index is 0.110. The third-order valence-corrected chi connectivity index (χ3v) is 5.50. The molecule has 2 bridgehead atoms. The number of hydrogen-bond donors (Lipinski definition) is 3. The van der Waals surface area contributed by atoms with Crippen LogP contribution in [0.25, 0.3) is 0 Å². The average Bonchev–Trinajstić information content (AvgIpc) is 3.33. The van der Waals surface area contributed by atoms with E-state index in [1.165, 1.54) is 6.20 Å². The summed E-state index contributed by atoms with van der Waals surface area (Å²) in [5.41, 5.74) is 6.41. The highest BCUT2D eigenvalue weighted by molar-refractivity contribution is 6.32. The van der Waals surface area contributed by atoms with Gasteiger partial charge in [-0.15, -0.1) is 0 Å². The van der Waals surface area contributed by atoms with Gasteiger partial charge < -0.3 is 16.4 Å². The summed E-state index contributed by atoms with van der Waals surface area (Å²) in [5.74, 6) is 0.770. The molecule has 2 aromatic heterocycles. The molecule has 1 amide bonds. The maximum Gasteiger partial charge on any atom is 0.229 e. The van der Waals surface area contributed by atoms with E-state index in [0.717, 1.165) is 12.1 Å². The molecule has 0 aliphatic heterocycles. The van der Waals surface area contributed by atoms with Crippen molar-refractivity contribution in [3.05, 3.63) is 35.8 Å². The highest BCUT2D eigenvalue weighted by Crippen LogP contribution is 2.45. The number of carbonyl (C=O) groups is 1. The van der Waals surface area contributed by atoms with Crippen molar-refractivity contribution in [3.63, 3.8) is 0 Å². The summed E-state index contributed by atoms with van der Waals surface area (Å²) < 4.78 is 1.84. The number of anilines is 3. The Balaban J connectivity index is 1.54. The van der Waals surface area contributed by atoms with Gasteiger partial charge in [0, 0.05) is 18.3 Å². The molecule has 4 N–H and O–H groups in total. The van der Waals surface area contributed by atoms with E-state index in [2.05, 4.69) is 51.7 Å². The van der Waals surface area contributed by atoms with E-state index in [1.54, 1.807) is 6.20 Å². The van der Waals surface area contributed by atoms with E-state index >= 15 is 0 Å². The molecule has 0 spiro atoms. The Bertz CT molecular complexity index is 894. The first-order chi connectivity index (χ1) is 12.9. The number of primary amides is 1. The van der Waals surface area contributed by atoms with Gasteiger partial charge >= 0.3 is 0 Å².